The van der Waals surface area contributed by atoms with Gasteiger partial charge in [-0.3, -0.25) is 9.82 Å². The van der Waals surface area contributed by atoms with Crippen LogP contribution in [0.15, 0.2) is 36.5 Å². The van der Waals surface area contributed by atoms with Crippen molar-refractivity contribution in [2.24, 2.45) is 0 Å². The van der Waals surface area contributed by atoms with Crippen molar-refractivity contribution in [2.45, 2.75) is 0 Å². The SMILES string of the molecule is CS(=O)(=O)Nc1ccc(-c2ccn[nH]2)cc1. The van der Waals surface area contributed by atoms with Gasteiger partial charge in [-0.05, 0) is 23.8 Å². The fourth-order valence-corrected chi connectivity index (χ4v) is 1.91. The molecule has 6 heteroatoms. The molecule has 2 N–H and O–H groups in total. The lowest BCUT2D eigenvalue weighted by Crippen LogP contribution is -2.09. The van der Waals surface area contributed by atoms with Crippen LogP contribution in [0.5, 0.6) is 0 Å². The lowest BCUT2D eigenvalue weighted by molar-refractivity contribution is 0.607. The molecule has 84 valence electrons. The van der Waals surface area contributed by atoms with Gasteiger partial charge in [-0.15, -0.1) is 0 Å². The molecule has 0 saturated carbocycles. The van der Waals surface area contributed by atoms with Gasteiger partial charge in [-0.2, -0.15) is 5.10 Å². The zero-order chi connectivity index (χ0) is 11.6. The maximum atomic E-state index is 11.0. The molecule has 5 nitrogen and oxygen atoms in total. The van der Waals surface area contributed by atoms with Crippen LogP contribution in [0, 0.1) is 0 Å². The molecule has 0 unspecified atom stereocenters. The van der Waals surface area contributed by atoms with E-state index in [2.05, 4.69) is 14.9 Å². The third-order valence-electron chi connectivity index (χ3n) is 2.00. The molecule has 1 aromatic heterocycles. The maximum absolute atomic E-state index is 11.0. The summed E-state index contributed by atoms with van der Waals surface area (Å²) < 4.78 is 24.4. The minimum Gasteiger partial charge on any atom is -0.284 e. The Balaban J connectivity index is 2.24. The highest BCUT2D eigenvalue weighted by Crippen LogP contribution is 2.19. The first-order chi connectivity index (χ1) is 7.54. The standard InChI is InChI=1S/C10H11N3O2S/c1-16(14,15)13-9-4-2-8(3-5-9)10-6-7-11-12-10/h2-7,13H,1H3,(H,11,12). The van der Waals surface area contributed by atoms with Gasteiger partial charge in [-0.25, -0.2) is 8.42 Å². The van der Waals surface area contributed by atoms with Crippen LogP contribution in [0.1, 0.15) is 0 Å². The van der Waals surface area contributed by atoms with Crippen LogP contribution in [0.3, 0.4) is 0 Å². The molecule has 0 bridgehead atoms. The highest BCUT2D eigenvalue weighted by atomic mass is 32.2. The Hall–Kier alpha value is -1.82. The molecule has 2 aromatic rings. The Bertz CT molecular complexity index is 559. The summed E-state index contributed by atoms with van der Waals surface area (Å²) in [4.78, 5) is 0. The first-order valence-corrected chi connectivity index (χ1v) is 6.51. The summed E-state index contributed by atoms with van der Waals surface area (Å²) in [7, 11) is -3.21. The van der Waals surface area contributed by atoms with Crippen molar-refractivity contribution < 1.29 is 8.42 Å². The van der Waals surface area contributed by atoms with Crippen LogP contribution in [0.25, 0.3) is 11.3 Å². The lowest BCUT2D eigenvalue weighted by atomic mass is 10.1. The van der Waals surface area contributed by atoms with Gasteiger partial charge in [0.2, 0.25) is 10.0 Å². The molecule has 0 aliphatic rings. The number of aromatic nitrogens is 2. The van der Waals surface area contributed by atoms with E-state index in [0.717, 1.165) is 17.5 Å². The van der Waals surface area contributed by atoms with Crippen molar-refractivity contribution in [3.05, 3.63) is 36.5 Å². The van der Waals surface area contributed by atoms with E-state index in [0.29, 0.717) is 5.69 Å². The maximum Gasteiger partial charge on any atom is 0.229 e. The largest absolute Gasteiger partial charge is 0.284 e. The molecule has 0 aliphatic heterocycles. The van der Waals surface area contributed by atoms with E-state index < -0.39 is 10.0 Å². The highest BCUT2D eigenvalue weighted by Gasteiger charge is 2.02. The third-order valence-corrected chi connectivity index (χ3v) is 2.61. The van der Waals surface area contributed by atoms with Crippen LogP contribution in [-0.2, 0) is 10.0 Å². The fourth-order valence-electron chi connectivity index (χ4n) is 1.35. The number of nitrogens with zero attached hydrogens (tertiary/aromatic N) is 1. The van der Waals surface area contributed by atoms with E-state index in [9.17, 15) is 8.42 Å². The number of H-pyrrole nitrogens is 1. The summed E-state index contributed by atoms with van der Waals surface area (Å²) >= 11 is 0. The van der Waals surface area contributed by atoms with Crippen molar-refractivity contribution in [3.63, 3.8) is 0 Å². The summed E-state index contributed by atoms with van der Waals surface area (Å²) in [6, 6.07) is 8.90. The first kappa shape index (κ1) is 10.7. The Morgan fingerprint density at radius 1 is 1.19 bits per heavy atom. The highest BCUT2D eigenvalue weighted by molar-refractivity contribution is 7.92. The summed E-state index contributed by atoms with van der Waals surface area (Å²) in [6.07, 6.45) is 2.79. The van der Waals surface area contributed by atoms with Gasteiger partial charge in [0.1, 0.15) is 0 Å². The average Bonchev–Trinajstić information content (AvgIpc) is 2.69. The zero-order valence-electron chi connectivity index (χ0n) is 8.64. The topological polar surface area (TPSA) is 74.8 Å². The summed E-state index contributed by atoms with van der Waals surface area (Å²) in [5.74, 6) is 0. The molecule has 0 spiro atoms. The van der Waals surface area contributed by atoms with Crippen LogP contribution in [0.2, 0.25) is 0 Å². The number of hydrogen-bond donors (Lipinski definition) is 2. The van der Waals surface area contributed by atoms with Crippen molar-refractivity contribution in [2.75, 3.05) is 11.0 Å². The number of aromatic amines is 1. The van der Waals surface area contributed by atoms with E-state index in [1.165, 1.54) is 0 Å². The van der Waals surface area contributed by atoms with Crippen molar-refractivity contribution in [3.8, 4) is 11.3 Å². The number of hydrogen-bond acceptors (Lipinski definition) is 3. The number of anilines is 1. The van der Waals surface area contributed by atoms with Crippen molar-refractivity contribution in [1.82, 2.24) is 10.2 Å². The predicted molar refractivity (Wildman–Crippen MR) is 62.5 cm³/mol. The summed E-state index contributed by atoms with van der Waals surface area (Å²) in [5.41, 5.74) is 2.40. The Kier molecular flexibility index (Phi) is 2.66. The predicted octanol–water partition coefficient (Wildman–Crippen LogP) is 1.45. The number of rotatable bonds is 3. The second-order valence-electron chi connectivity index (χ2n) is 3.42. The van der Waals surface area contributed by atoms with E-state index >= 15 is 0 Å². The molecule has 1 heterocycles. The molecular weight excluding hydrogens is 226 g/mol. The van der Waals surface area contributed by atoms with Crippen molar-refractivity contribution >= 4 is 15.7 Å². The van der Waals surface area contributed by atoms with Crippen LogP contribution >= 0.6 is 0 Å². The molecule has 0 atom stereocenters. The van der Waals surface area contributed by atoms with Crippen LogP contribution in [-0.4, -0.2) is 24.9 Å². The minimum atomic E-state index is -3.21. The molecule has 0 aliphatic carbocycles. The minimum absolute atomic E-state index is 0.547. The second-order valence-corrected chi connectivity index (χ2v) is 5.17. The Morgan fingerprint density at radius 3 is 2.38 bits per heavy atom. The third kappa shape index (κ3) is 2.60. The monoisotopic (exact) mass is 237 g/mol. The van der Waals surface area contributed by atoms with E-state index in [-0.39, 0.29) is 0 Å². The number of benzene rings is 1. The number of nitrogens with one attached hydrogen (secondary N) is 2. The molecule has 2 rings (SSSR count). The van der Waals surface area contributed by atoms with Gasteiger partial charge in [0.25, 0.3) is 0 Å². The molecular formula is C10H11N3O2S. The van der Waals surface area contributed by atoms with Gasteiger partial charge in [0, 0.05) is 11.9 Å². The number of sulfonamides is 1. The van der Waals surface area contributed by atoms with E-state index in [1.54, 1.807) is 18.3 Å². The quantitative estimate of drug-likeness (QED) is 0.848. The molecule has 0 fully saturated rings. The van der Waals surface area contributed by atoms with Crippen LogP contribution in [0.4, 0.5) is 5.69 Å². The van der Waals surface area contributed by atoms with Gasteiger partial charge in [-0.1, -0.05) is 12.1 Å². The van der Waals surface area contributed by atoms with Gasteiger partial charge in [0.05, 0.1) is 11.9 Å². The normalized spacial score (nSPS) is 11.3. The molecule has 16 heavy (non-hydrogen) atoms. The first-order valence-electron chi connectivity index (χ1n) is 4.62. The summed E-state index contributed by atoms with van der Waals surface area (Å²) in [5, 5.41) is 6.68. The van der Waals surface area contributed by atoms with Gasteiger partial charge >= 0.3 is 0 Å². The molecule has 0 radical (unpaired) electrons. The Morgan fingerprint density at radius 2 is 1.88 bits per heavy atom. The lowest BCUT2D eigenvalue weighted by Gasteiger charge is -2.04. The van der Waals surface area contributed by atoms with E-state index in [1.807, 2.05) is 18.2 Å². The Labute approximate surface area is 93.6 Å². The zero-order valence-corrected chi connectivity index (χ0v) is 9.45. The summed E-state index contributed by atoms with van der Waals surface area (Å²) in [6.45, 7) is 0. The van der Waals surface area contributed by atoms with Crippen molar-refractivity contribution in [1.29, 1.82) is 0 Å². The van der Waals surface area contributed by atoms with Crippen LogP contribution < -0.4 is 4.72 Å². The fraction of sp³-hybridized carbons (Fsp3) is 0.100. The van der Waals surface area contributed by atoms with E-state index in [4.69, 9.17) is 0 Å². The molecule has 1 aromatic carbocycles. The van der Waals surface area contributed by atoms with Gasteiger partial charge in [0.15, 0.2) is 0 Å². The van der Waals surface area contributed by atoms with Gasteiger partial charge < -0.3 is 0 Å². The molecule has 0 amide bonds. The second kappa shape index (κ2) is 3.97. The molecule has 0 saturated heterocycles. The average molecular weight is 237 g/mol. The smallest absolute Gasteiger partial charge is 0.229 e.